The Bertz CT molecular complexity index is 724. The Morgan fingerprint density at radius 1 is 0.960 bits per heavy atom. The van der Waals surface area contributed by atoms with Gasteiger partial charge in [0, 0.05) is 32.2 Å². The maximum absolute atomic E-state index is 5.48. The van der Waals surface area contributed by atoms with Gasteiger partial charge in [-0.2, -0.15) is 0 Å². The van der Waals surface area contributed by atoms with E-state index < -0.39 is 0 Å². The zero-order valence-corrected chi connectivity index (χ0v) is 14.7. The molecule has 2 aliphatic heterocycles. The molecule has 132 valence electrons. The van der Waals surface area contributed by atoms with Gasteiger partial charge in [0.25, 0.3) is 0 Å². The molecule has 1 aromatic heterocycles. The van der Waals surface area contributed by atoms with Crippen molar-refractivity contribution in [3.63, 3.8) is 0 Å². The highest BCUT2D eigenvalue weighted by molar-refractivity contribution is 5.75. The predicted octanol–water partition coefficient (Wildman–Crippen LogP) is 2.97. The summed E-state index contributed by atoms with van der Waals surface area (Å²) >= 11 is 0. The van der Waals surface area contributed by atoms with Gasteiger partial charge < -0.3 is 19.9 Å². The summed E-state index contributed by atoms with van der Waals surface area (Å²) in [5.41, 5.74) is 2.28. The average molecular weight is 339 g/mol. The van der Waals surface area contributed by atoms with Crippen LogP contribution in [0.1, 0.15) is 18.7 Å². The van der Waals surface area contributed by atoms with E-state index >= 15 is 0 Å². The highest BCUT2D eigenvalue weighted by atomic mass is 16.5. The number of ether oxygens (including phenoxy) is 1. The summed E-state index contributed by atoms with van der Waals surface area (Å²) in [5, 5.41) is 3.51. The average Bonchev–Trinajstić information content (AvgIpc) is 3.17. The van der Waals surface area contributed by atoms with Crippen LogP contribution < -0.4 is 15.1 Å². The third-order valence-electron chi connectivity index (χ3n) is 4.77. The number of anilines is 4. The number of rotatable bonds is 4. The number of hydrogen-bond acceptors (Lipinski definition) is 6. The highest BCUT2D eigenvalue weighted by Gasteiger charge is 2.17. The summed E-state index contributed by atoms with van der Waals surface area (Å²) < 4.78 is 5.48. The van der Waals surface area contributed by atoms with E-state index in [1.165, 1.54) is 18.5 Å². The summed E-state index contributed by atoms with van der Waals surface area (Å²) in [6.45, 7) is 7.51. The van der Waals surface area contributed by atoms with Crippen molar-refractivity contribution in [3.8, 4) is 0 Å². The van der Waals surface area contributed by atoms with Crippen molar-refractivity contribution in [2.24, 2.45) is 0 Å². The minimum absolute atomic E-state index is 0.778. The van der Waals surface area contributed by atoms with Gasteiger partial charge in [0.1, 0.15) is 17.5 Å². The number of hydrogen-bond donors (Lipinski definition) is 1. The van der Waals surface area contributed by atoms with Crippen LogP contribution in [0.4, 0.5) is 23.0 Å². The number of nitrogens with one attached hydrogen (secondary N) is 1. The summed E-state index contributed by atoms with van der Waals surface area (Å²) in [4.78, 5) is 13.9. The lowest BCUT2D eigenvalue weighted by Crippen LogP contribution is -2.36. The summed E-state index contributed by atoms with van der Waals surface area (Å²) in [6.07, 6.45) is 2.48. The Balaban J connectivity index is 1.59. The molecule has 0 amide bonds. The van der Waals surface area contributed by atoms with E-state index in [4.69, 9.17) is 4.74 Å². The Labute approximate surface area is 148 Å². The van der Waals surface area contributed by atoms with Crippen molar-refractivity contribution in [1.82, 2.24) is 9.97 Å². The molecule has 1 aromatic carbocycles. The van der Waals surface area contributed by atoms with Crippen molar-refractivity contribution in [3.05, 3.63) is 36.2 Å². The fourth-order valence-electron chi connectivity index (χ4n) is 3.52. The Morgan fingerprint density at radius 3 is 2.52 bits per heavy atom. The lowest BCUT2D eigenvalue weighted by molar-refractivity contribution is 0.123. The molecule has 3 heterocycles. The number of aryl methyl sites for hydroxylation is 1. The minimum atomic E-state index is 0.778. The van der Waals surface area contributed by atoms with Crippen molar-refractivity contribution < 1.29 is 4.74 Å². The van der Waals surface area contributed by atoms with Gasteiger partial charge in [-0.15, -0.1) is 0 Å². The third kappa shape index (κ3) is 3.69. The first-order valence-corrected chi connectivity index (χ1v) is 9.09. The zero-order valence-electron chi connectivity index (χ0n) is 14.7. The number of morpholine rings is 1. The molecule has 0 aliphatic carbocycles. The monoisotopic (exact) mass is 339 g/mol. The summed E-state index contributed by atoms with van der Waals surface area (Å²) in [7, 11) is 0. The molecule has 1 N–H and O–H groups in total. The van der Waals surface area contributed by atoms with Crippen molar-refractivity contribution in [1.29, 1.82) is 0 Å². The lowest BCUT2D eigenvalue weighted by Gasteiger charge is -2.30. The van der Waals surface area contributed by atoms with Gasteiger partial charge in [0.05, 0.1) is 24.6 Å². The van der Waals surface area contributed by atoms with Gasteiger partial charge in [-0.3, -0.25) is 0 Å². The molecule has 2 saturated heterocycles. The van der Waals surface area contributed by atoms with Crippen LogP contribution >= 0.6 is 0 Å². The second-order valence-electron chi connectivity index (χ2n) is 6.59. The molecule has 2 fully saturated rings. The molecule has 0 unspecified atom stereocenters. The maximum Gasteiger partial charge on any atom is 0.136 e. The van der Waals surface area contributed by atoms with Crippen LogP contribution in [0.15, 0.2) is 30.3 Å². The first-order chi connectivity index (χ1) is 12.3. The van der Waals surface area contributed by atoms with Crippen molar-refractivity contribution in [2.45, 2.75) is 19.8 Å². The van der Waals surface area contributed by atoms with Gasteiger partial charge in [-0.25, -0.2) is 9.97 Å². The van der Waals surface area contributed by atoms with Crippen molar-refractivity contribution >= 4 is 23.0 Å². The zero-order chi connectivity index (χ0) is 17.1. The van der Waals surface area contributed by atoms with Crippen molar-refractivity contribution in [2.75, 3.05) is 54.5 Å². The molecule has 6 nitrogen and oxygen atoms in total. The normalized spacial score (nSPS) is 17.8. The summed E-state index contributed by atoms with van der Waals surface area (Å²) in [5.74, 6) is 2.68. The molecule has 25 heavy (non-hydrogen) atoms. The predicted molar refractivity (Wildman–Crippen MR) is 101 cm³/mol. The highest BCUT2D eigenvalue weighted by Crippen LogP contribution is 2.30. The van der Waals surface area contributed by atoms with E-state index in [1.54, 1.807) is 0 Å². The van der Waals surface area contributed by atoms with E-state index in [0.29, 0.717) is 0 Å². The number of nitrogens with zero attached hydrogens (tertiary/aromatic N) is 4. The standard InChI is InChI=1S/C19H25N5O/c1-15-20-18(14-19(21-15)24-8-4-5-9-24)22-16-6-2-3-7-17(16)23-10-12-25-13-11-23/h2-3,6-7,14H,4-5,8-13H2,1H3,(H,20,21,22). The lowest BCUT2D eigenvalue weighted by atomic mass is 10.2. The van der Waals surface area contributed by atoms with Crippen LogP contribution in [0.25, 0.3) is 0 Å². The molecular formula is C19H25N5O. The molecular weight excluding hydrogens is 314 g/mol. The molecule has 0 atom stereocenters. The molecule has 0 saturated carbocycles. The quantitative estimate of drug-likeness (QED) is 0.924. The van der Waals surface area contributed by atoms with Gasteiger partial charge in [0.2, 0.25) is 0 Å². The Kier molecular flexibility index (Phi) is 4.70. The maximum atomic E-state index is 5.48. The second kappa shape index (κ2) is 7.27. The molecule has 2 aliphatic rings. The molecule has 0 spiro atoms. The van der Waals surface area contributed by atoms with Gasteiger partial charge in [0.15, 0.2) is 0 Å². The molecule has 0 bridgehead atoms. The molecule has 2 aromatic rings. The van der Waals surface area contributed by atoms with E-state index in [2.05, 4.69) is 55.4 Å². The van der Waals surface area contributed by atoms with Crippen LogP contribution in [0.3, 0.4) is 0 Å². The van der Waals surface area contributed by atoms with Crippen LogP contribution in [0.5, 0.6) is 0 Å². The fraction of sp³-hybridized carbons (Fsp3) is 0.474. The molecule has 4 rings (SSSR count). The first-order valence-electron chi connectivity index (χ1n) is 9.09. The van der Waals surface area contributed by atoms with E-state index in [0.717, 1.165) is 62.5 Å². The van der Waals surface area contributed by atoms with E-state index in [-0.39, 0.29) is 0 Å². The van der Waals surface area contributed by atoms with Gasteiger partial charge in [-0.1, -0.05) is 12.1 Å². The second-order valence-corrected chi connectivity index (χ2v) is 6.59. The molecule has 0 radical (unpaired) electrons. The smallest absolute Gasteiger partial charge is 0.136 e. The van der Waals surface area contributed by atoms with Gasteiger partial charge >= 0.3 is 0 Å². The van der Waals surface area contributed by atoms with Crippen LogP contribution in [0, 0.1) is 6.92 Å². The topological polar surface area (TPSA) is 53.5 Å². The van der Waals surface area contributed by atoms with Crippen LogP contribution in [0.2, 0.25) is 0 Å². The summed E-state index contributed by atoms with van der Waals surface area (Å²) in [6, 6.07) is 10.5. The first kappa shape index (κ1) is 16.1. The SMILES string of the molecule is Cc1nc(Nc2ccccc2N2CCOCC2)cc(N2CCCC2)n1. The minimum Gasteiger partial charge on any atom is -0.378 e. The van der Waals surface area contributed by atoms with Crippen LogP contribution in [-0.2, 0) is 4.74 Å². The Morgan fingerprint density at radius 2 is 1.72 bits per heavy atom. The van der Waals surface area contributed by atoms with Crippen LogP contribution in [-0.4, -0.2) is 49.4 Å². The molecule has 6 heteroatoms. The number of benzene rings is 1. The van der Waals surface area contributed by atoms with E-state index in [1.807, 2.05) is 6.92 Å². The fourth-order valence-corrected chi connectivity index (χ4v) is 3.52. The number of para-hydroxylation sites is 2. The third-order valence-corrected chi connectivity index (χ3v) is 4.77. The van der Waals surface area contributed by atoms with Gasteiger partial charge in [-0.05, 0) is 31.9 Å². The van der Waals surface area contributed by atoms with E-state index in [9.17, 15) is 0 Å². The Hall–Kier alpha value is -2.34. The number of aromatic nitrogens is 2. The largest absolute Gasteiger partial charge is 0.378 e.